The predicted octanol–water partition coefficient (Wildman–Crippen LogP) is 1.92. The molecule has 1 nitrogen and oxygen atoms in total. The van der Waals surface area contributed by atoms with Gasteiger partial charge in [0.15, 0.2) is 0 Å². The second-order valence-electron chi connectivity index (χ2n) is 4.59. The minimum absolute atomic E-state index is 0.0955. The highest BCUT2D eigenvalue weighted by Gasteiger charge is 2.36. The summed E-state index contributed by atoms with van der Waals surface area (Å²) in [6, 6.07) is 0. The van der Waals surface area contributed by atoms with E-state index in [1.807, 2.05) is 0 Å². The van der Waals surface area contributed by atoms with Gasteiger partial charge >= 0.3 is 0 Å². The van der Waals surface area contributed by atoms with Crippen LogP contribution in [0.2, 0.25) is 0 Å². The summed E-state index contributed by atoms with van der Waals surface area (Å²) in [4.78, 5) is 0. The van der Waals surface area contributed by atoms with Crippen molar-refractivity contribution in [1.82, 2.24) is 0 Å². The van der Waals surface area contributed by atoms with E-state index in [-0.39, 0.29) is 11.0 Å². The van der Waals surface area contributed by atoms with Gasteiger partial charge < -0.3 is 5.73 Å². The molecule has 0 aromatic rings. The average Bonchev–Trinajstić information content (AvgIpc) is 2.44. The second-order valence-corrected chi connectivity index (χ2v) is 4.59. The Kier molecular flexibility index (Phi) is 1.98. The highest BCUT2D eigenvalue weighted by atomic mass is 14.8. The molecule has 0 atom stereocenters. The quantitative estimate of drug-likeness (QED) is 0.569. The van der Waals surface area contributed by atoms with Crippen molar-refractivity contribution in [3.8, 4) is 11.8 Å². The maximum Gasteiger partial charge on any atom is 0.0270 e. The third-order valence-electron chi connectivity index (χ3n) is 1.80. The number of rotatable bonds is 1. The number of hydrogen-bond donors (Lipinski definition) is 1. The highest BCUT2D eigenvalue weighted by molar-refractivity contribution is 5.14. The molecule has 1 rings (SSSR count). The molecule has 62 valence electrons. The van der Waals surface area contributed by atoms with Crippen molar-refractivity contribution in [2.45, 2.75) is 45.6 Å². The largest absolute Gasteiger partial charge is 0.324 e. The molecule has 0 aromatic heterocycles. The lowest BCUT2D eigenvalue weighted by Crippen LogP contribution is -2.20. The lowest BCUT2D eigenvalue weighted by molar-refractivity contribution is 0.568. The van der Waals surface area contributed by atoms with Crippen LogP contribution in [0.3, 0.4) is 0 Å². The van der Waals surface area contributed by atoms with E-state index in [0.29, 0.717) is 0 Å². The smallest absolute Gasteiger partial charge is 0.0270 e. The van der Waals surface area contributed by atoms with Crippen LogP contribution in [0.4, 0.5) is 0 Å². The van der Waals surface area contributed by atoms with Gasteiger partial charge in [0, 0.05) is 17.4 Å². The molecule has 0 unspecified atom stereocenters. The Labute approximate surface area is 69.4 Å². The van der Waals surface area contributed by atoms with E-state index in [2.05, 4.69) is 32.6 Å². The molecule has 1 aliphatic rings. The van der Waals surface area contributed by atoms with Crippen LogP contribution >= 0.6 is 0 Å². The molecular weight excluding hydrogens is 134 g/mol. The minimum atomic E-state index is 0.0955. The van der Waals surface area contributed by atoms with Crippen LogP contribution in [-0.4, -0.2) is 5.54 Å². The molecule has 0 heterocycles. The summed E-state index contributed by atoms with van der Waals surface area (Å²) >= 11 is 0. The van der Waals surface area contributed by atoms with Crippen LogP contribution in [0, 0.1) is 17.3 Å². The number of nitrogens with two attached hydrogens (primary N) is 1. The van der Waals surface area contributed by atoms with Gasteiger partial charge in [-0.2, -0.15) is 0 Å². The lowest BCUT2D eigenvalue weighted by Gasteiger charge is -2.07. The minimum Gasteiger partial charge on any atom is -0.324 e. The first kappa shape index (κ1) is 8.62. The van der Waals surface area contributed by atoms with Crippen LogP contribution < -0.4 is 5.73 Å². The van der Waals surface area contributed by atoms with Crippen LogP contribution in [0.5, 0.6) is 0 Å². The van der Waals surface area contributed by atoms with Crippen molar-refractivity contribution < 1.29 is 0 Å². The van der Waals surface area contributed by atoms with E-state index in [9.17, 15) is 0 Å². The van der Waals surface area contributed by atoms with Crippen LogP contribution in [-0.2, 0) is 0 Å². The van der Waals surface area contributed by atoms with Gasteiger partial charge in [0.25, 0.3) is 0 Å². The zero-order valence-electron chi connectivity index (χ0n) is 7.70. The highest BCUT2D eigenvalue weighted by Crippen LogP contribution is 2.35. The molecule has 1 aliphatic carbocycles. The first-order chi connectivity index (χ1) is 4.91. The monoisotopic (exact) mass is 151 g/mol. The fraction of sp³-hybridized carbons (Fsp3) is 0.800. The molecule has 1 fully saturated rings. The number of hydrogen-bond acceptors (Lipinski definition) is 1. The SMILES string of the molecule is CC(C)(C)C#CCC1(N)CC1. The lowest BCUT2D eigenvalue weighted by atomic mass is 9.97. The molecule has 0 aliphatic heterocycles. The third kappa shape index (κ3) is 3.43. The van der Waals surface area contributed by atoms with Crippen molar-refractivity contribution in [2.24, 2.45) is 11.1 Å². The summed E-state index contributed by atoms with van der Waals surface area (Å²) < 4.78 is 0. The maximum absolute atomic E-state index is 5.87. The topological polar surface area (TPSA) is 26.0 Å². The van der Waals surface area contributed by atoms with Gasteiger partial charge in [0.1, 0.15) is 0 Å². The Balaban J connectivity index is 2.34. The Hall–Kier alpha value is -0.480. The standard InChI is InChI=1S/C10H17N/c1-9(2,3)5-4-6-10(11)7-8-10/h6-8,11H2,1-3H3. The van der Waals surface area contributed by atoms with Gasteiger partial charge in [-0.3, -0.25) is 0 Å². The molecule has 0 bridgehead atoms. The van der Waals surface area contributed by atoms with Gasteiger partial charge in [0.05, 0.1) is 0 Å². The van der Waals surface area contributed by atoms with Crippen LogP contribution in [0.1, 0.15) is 40.0 Å². The van der Waals surface area contributed by atoms with E-state index < -0.39 is 0 Å². The van der Waals surface area contributed by atoms with Crippen molar-refractivity contribution in [2.75, 3.05) is 0 Å². The molecule has 0 amide bonds. The van der Waals surface area contributed by atoms with Gasteiger partial charge in [0.2, 0.25) is 0 Å². The van der Waals surface area contributed by atoms with Crippen molar-refractivity contribution in [1.29, 1.82) is 0 Å². The fourth-order valence-corrected chi connectivity index (χ4v) is 0.823. The van der Waals surface area contributed by atoms with Crippen LogP contribution in [0.15, 0.2) is 0 Å². The summed E-state index contributed by atoms with van der Waals surface area (Å²) in [7, 11) is 0. The van der Waals surface area contributed by atoms with Gasteiger partial charge in [-0.25, -0.2) is 0 Å². The Bertz CT molecular complexity index is 195. The van der Waals surface area contributed by atoms with E-state index >= 15 is 0 Å². The molecule has 2 N–H and O–H groups in total. The summed E-state index contributed by atoms with van der Waals surface area (Å²) in [6.07, 6.45) is 3.20. The summed E-state index contributed by atoms with van der Waals surface area (Å²) in [6.45, 7) is 6.36. The molecule has 0 aromatic carbocycles. The Morgan fingerprint density at radius 1 is 1.36 bits per heavy atom. The van der Waals surface area contributed by atoms with Gasteiger partial charge in [-0.05, 0) is 33.6 Å². The average molecular weight is 151 g/mol. The zero-order chi connectivity index (χ0) is 8.54. The first-order valence-electron chi connectivity index (χ1n) is 4.20. The van der Waals surface area contributed by atoms with E-state index in [1.165, 1.54) is 0 Å². The summed E-state index contributed by atoms with van der Waals surface area (Å²) in [5.74, 6) is 6.34. The third-order valence-corrected chi connectivity index (χ3v) is 1.80. The molecule has 11 heavy (non-hydrogen) atoms. The van der Waals surface area contributed by atoms with Crippen LogP contribution in [0.25, 0.3) is 0 Å². The molecule has 0 saturated heterocycles. The van der Waals surface area contributed by atoms with Crippen molar-refractivity contribution in [3.63, 3.8) is 0 Å². The fourth-order valence-electron chi connectivity index (χ4n) is 0.823. The Morgan fingerprint density at radius 2 is 1.91 bits per heavy atom. The molecule has 1 heteroatoms. The van der Waals surface area contributed by atoms with Gasteiger partial charge in [-0.1, -0.05) is 5.92 Å². The van der Waals surface area contributed by atoms with E-state index in [4.69, 9.17) is 5.73 Å². The summed E-state index contributed by atoms with van der Waals surface area (Å²) in [5.41, 5.74) is 6.10. The first-order valence-corrected chi connectivity index (χ1v) is 4.20. The Morgan fingerprint density at radius 3 is 2.27 bits per heavy atom. The zero-order valence-corrected chi connectivity index (χ0v) is 7.70. The molecule has 0 radical (unpaired) electrons. The normalized spacial score (nSPS) is 20.4. The van der Waals surface area contributed by atoms with Gasteiger partial charge in [-0.15, -0.1) is 5.92 Å². The van der Waals surface area contributed by atoms with Crippen molar-refractivity contribution >= 4 is 0 Å². The predicted molar refractivity (Wildman–Crippen MR) is 48.0 cm³/mol. The van der Waals surface area contributed by atoms with Crippen molar-refractivity contribution in [3.05, 3.63) is 0 Å². The van der Waals surface area contributed by atoms with E-state index in [0.717, 1.165) is 19.3 Å². The maximum atomic E-state index is 5.87. The molecular formula is C10H17N. The molecule has 1 saturated carbocycles. The second kappa shape index (κ2) is 2.53. The molecule has 0 spiro atoms. The van der Waals surface area contributed by atoms with E-state index in [1.54, 1.807) is 0 Å². The summed E-state index contributed by atoms with van der Waals surface area (Å²) in [5, 5.41) is 0.